The van der Waals surface area contributed by atoms with Crippen LogP contribution < -0.4 is 0 Å². The van der Waals surface area contributed by atoms with Gasteiger partial charge in [-0.1, -0.05) is 24.3 Å². The van der Waals surface area contributed by atoms with Crippen molar-refractivity contribution in [3.63, 3.8) is 0 Å². The summed E-state index contributed by atoms with van der Waals surface area (Å²) in [5.41, 5.74) is 2.54. The lowest BCUT2D eigenvalue weighted by atomic mass is 9.84. The Kier molecular flexibility index (Phi) is 4.87. The number of amides is 1. The van der Waals surface area contributed by atoms with Gasteiger partial charge in [0.25, 0.3) is 0 Å². The highest BCUT2D eigenvalue weighted by Gasteiger charge is 2.28. The molecular weight excluding hydrogens is 258 g/mol. The average Bonchev–Trinajstić information content (AvgIpc) is 2.35. The first-order valence-electron chi connectivity index (χ1n) is 6.99. The van der Waals surface area contributed by atoms with Crippen LogP contribution in [0.25, 0.3) is 0 Å². The van der Waals surface area contributed by atoms with Gasteiger partial charge in [0.15, 0.2) is 0 Å². The van der Waals surface area contributed by atoms with Crippen molar-refractivity contribution in [1.82, 2.24) is 4.90 Å². The van der Waals surface area contributed by atoms with Crippen LogP contribution in [0.3, 0.4) is 0 Å². The molecule has 1 fully saturated rings. The molecule has 1 aliphatic rings. The molecule has 0 unspecified atom stereocenters. The van der Waals surface area contributed by atoms with Crippen molar-refractivity contribution in [2.75, 3.05) is 13.6 Å². The molecule has 0 aliphatic heterocycles. The highest BCUT2D eigenvalue weighted by Crippen LogP contribution is 2.32. The van der Waals surface area contributed by atoms with Gasteiger partial charge in [-0.3, -0.25) is 4.79 Å². The summed E-state index contributed by atoms with van der Waals surface area (Å²) in [5.74, 6) is 0.844. The standard InChI is InChI=1S/C16H22ClNO/c1-12-5-3-4-6-14(12)7-8-16(19)18(2)11-13-9-15(17)10-13/h3-6,13,15H,7-11H2,1-2H3. The molecule has 0 N–H and O–H groups in total. The van der Waals surface area contributed by atoms with Crippen LogP contribution >= 0.6 is 11.6 Å². The quantitative estimate of drug-likeness (QED) is 0.757. The van der Waals surface area contributed by atoms with E-state index in [0.717, 1.165) is 25.8 Å². The Labute approximate surface area is 120 Å². The third-order valence-electron chi connectivity index (χ3n) is 4.01. The van der Waals surface area contributed by atoms with E-state index in [0.29, 0.717) is 17.7 Å². The number of hydrogen-bond acceptors (Lipinski definition) is 1. The molecule has 0 atom stereocenters. The lowest BCUT2D eigenvalue weighted by molar-refractivity contribution is -0.130. The average molecular weight is 280 g/mol. The molecular formula is C16H22ClNO. The summed E-state index contributed by atoms with van der Waals surface area (Å²) in [6.07, 6.45) is 3.53. The Morgan fingerprint density at radius 1 is 1.37 bits per heavy atom. The highest BCUT2D eigenvalue weighted by atomic mass is 35.5. The van der Waals surface area contributed by atoms with Crippen LogP contribution in [0.5, 0.6) is 0 Å². The Morgan fingerprint density at radius 3 is 2.68 bits per heavy atom. The molecule has 0 heterocycles. The van der Waals surface area contributed by atoms with E-state index in [1.807, 2.05) is 24.1 Å². The van der Waals surface area contributed by atoms with Gasteiger partial charge in [0.2, 0.25) is 5.91 Å². The van der Waals surface area contributed by atoms with E-state index >= 15 is 0 Å². The van der Waals surface area contributed by atoms with Crippen LogP contribution in [0, 0.1) is 12.8 Å². The van der Waals surface area contributed by atoms with Crippen molar-refractivity contribution >= 4 is 17.5 Å². The summed E-state index contributed by atoms with van der Waals surface area (Å²) in [6, 6.07) is 8.27. The molecule has 2 rings (SSSR count). The normalized spacial score (nSPS) is 21.8. The lowest BCUT2D eigenvalue weighted by Gasteiger charge is -2.34. The summed E-state index contributed by atoms with van der Waals surface area (Å²) in [5, 5.41) is 0.334. The second kappa shape index (κ2) is 6.42. The molecule has 0 radical (unpaired) electrons. The number of carbonyl (C=O) groups excluding carboxylic acids is 1. The minimum absolute atomic E-state index is 0.237. The zero-order valence-corrected chi connectivity index (χ0v) is 12.5. The van der Waals surface area contributed by atoms with Crippen LogP contribution in [0.2, 0.25) is 0 Å². The first-order chi connectivity index (χ1) is 9.06. The number of benzene rings is 1. The zero-order chi connectivity index (χ0) is 13.8. The minimum atomic E-state index is 0.237. The summed E-state index contributed by atoms with van der Waals surface area (Å²) in [7, 11) is 1.90. The molecule has 1 aliphatic carbocycles. The zero-order valence-electron chi connectivity index (χ0n) is 11.7. The first kappa shape index (κ1) is 14.4. The number of alkyl halides is 1. The fourth-order valence-electron chi connectivity index (χ4n) is 2.62. The summed E-state index contributed by atoms with van der Waals surface area (Å²) in [6.45, 7) is 2.95. The predicted octanol–water partition coefficient (Wildman–Crippen LogP) is 3.40. The van der Waals surface area contributed by atoms with Gasteiger partial charge in [-0.15, -0.1) is 11.6 Å². The molecule has 104 valence electrons. The van der Waals surface area contributed by atoms with Gasteiger partial charge in [-0.05, 0) is 43.2 Å². The van der Waals surface area contributed by atoms with Crippen molar-refractivity contribution < 1.29 is 4.79 Å². The maximum atomic E-state index is 12.1. The van der Waals surface area contributed by atoms with Crippen molar-refractivity contribution in [2.45, 2.75) is 38.0 Å². The van der Waals surface area contributed by atoms with Crippen LogP contribution in [-0.4, -0.2) is 29.8 Å². The van der Waals surface area contributed by atoms with Crippen LogP contribution in [0.1, 0.15) is 30.4 Å². The third kappa shape index (κ3) is 3.97. The fraction of sp³-hybridized carbons (Fsp3) is 0.562. The highest BCUT2D eigenvalue weighted by molar-refractivity contribution is 6.21. The molecule has 0 bridgehead atoms. The van der Waals surface area contributed by atoms with Crippen LogP contribution in [0.4, 0.5) is 0 Å². The third-order valence-corrected chi connectivity index (χ3v) is 4.36. The number of halogens is 1. The SMILES string of the molecule is Cc1ccccc1CCC(=O)N(C)CC1CC(Cl)C1. The monoisotopic (exact) mass is 279 g/mol. The molecule has 1 saturated carbocycles. The number of rotatable bonds is 5. The molecule has 2 nitrogen and oxygen atoms in total. The smallest absolute Gasteiger partial charge is 0.222 e. The van der Waals surface area contributed by atoms with Crippen LogP contribution in [-0.2, 0) is 11.2 Å². The molecule has 19 heavy (non-hydrogen) atoms. The second-order valence-corrected chi connectivity index (χ2v) is 6.25. The summed E-state index contributed by atoms with van der Waals surface area (Å²) in [4.78, 5) is 13.9. The number of nitrogens with zero attached hydrogens (tertiary/aromatic N) is 1. The second-order valence-electron chi connectivity index (χ2n) is 5.64. The van der Waals surface area contributed by atoms with Gasteiger partial charge in [0.1, 0.15) is 0 Å². The minimum Gasteiger partial charge on any atom is -0.345 e. The largest absolute Gasteiger partial charge is 0.345 e. The van der Waals surface area contributed by atoms with Gasteiger partial charge >= 0.3 is 0 Å². The van der Waals surface area contributed by atoms with Crippen molar-refractivity contribution in [3.05, 3.63) is 35.4 Å². The Balaban J connectivity index is 1.76. The molecule has 0 aromatic heterocycles. The van der Waals surface area contributed by atoms with Gasteiger partial charge in [0.05, 0.1) is 0 Å². The fourth-order valence-corrected chi connectivity index (χ4v) is 3.12. The van der Waals surface area contributed by atoms with Gasteiger partial charge < -0.3 is 4.90 Å². The Bertz CT molecular complexity index is 440. The van der Waals surface area contributed by atoms with Crippen molar-refractivity contribution in [1.29, 1.82) is 0 Å². The predicted molar refractivity (Wildman–Crippen MR) is 79.5 cm³/mol. The number of hydrogen-bond donors (Lipinski definition) is 0. The van der Waals surface area contributed by atoms with Gasteiger partial charge in [-0.2, -0.15) is 0 Å². The summed E-state index contributed by atoms with van der Waals surface area (Å²) >= 11 is 5.96. The maximum absolute atomic E-state index is 12.1. The van der Waals surface area contributed by atoms with Crippen molar-refractivity contribution in [3.8, 4) is 0 Å². The Hall–Kier alpha value is -1.02. The van der Waals surface area contributed by atoms with E-state index in [4.69, 9.17) is 11.6 Å². The lowest BCUT2D eigenvalue weighted by Crippen LogP contribution is -2.38. The van der Waals surface area contributed by atoms with Gasteiger partial charge in [-0.25, -0.2) is 0 Å². The molecule has 1 aromatic rings. The topological polar surface area (TPSA) is 20.3 Å². The number of aryl methyl sites for hydroxylation is 2. The maximum Gasteiger partial charge on any atom is 0.222 e. The van der Waals surface area contributed by atoms with E-state index in [2.05, 4.69) is 19.1 Å². The molecule has 1 aromatic carbocycles. The summed E-state index contributed by atoms with van der Waals surface area (Å²) < 4.78 is 0. The first-order valence-corrected chi connectivity index (χ1v) is 7.42. The van der Waals surface area contributed by atoms with E-state index in [-0.39, 0.29) is 5.91 Å². The van der Waals surface area contributed by atoms with E-state index in [9.17, 15) is 4.79 Å². The molecule has 0 spiro atoms. The Morgan fingerprint density at radius 2 is 2.05 bits per heavy atom. The van der Waals surface area contributed by atoms with Gasteiger partial charge in [0, 0.05) is 25.4 Å². The number of carbonyl (C=O) groups is 1. The van der Waals surface area contributed by atoms with E-state index in [1.54, 1.807) is 0 Å². The van der Waals surface area contributed by atoms with Crippen LogP contribution in [0.15, 0.2) is 24.3 Å². The van der Waals surface area contributed by atoms with Crippen molar-refractivity contribution in [2.24, 2.45) is 5.92 Å². The van der Waals surface area contributed by atoms with E-state index in [1.165, 1.54) is 11.1 Å². The molecule has 0 saturated heterocycles. The molecule has 1 amide bonds. The van der Waals surface area contributed by atoms with E-state index < -0.39 is 0 Å². The molecule has 3 heteroatoms.